The number of phenols is 6. The Labute approximate surface area is 621 Å². The van der Waals surface area contributed by atoms with Gasteiger partial charge < -0.3 is 40.1 Å². The summed E-state index contributed by atoms with van der Waals surface area (Å²) in [5, 5.41) is 81.2. The molecule has 8 atom stereocenters. The molecule has 2 aliphatic rings. The smallest absolute Gasteiger partial charge is 0.311 e. The van der Waals surface area contributed by atoms with Gasteiger partial charge in [0.2, 0.25) is 0 Å². The van der Waals surface area contributed by atoms with Gasteiger partial charge in [0.05, 0.1) is 0 Å². The molecule has 8 aromatic rings. The van der Waals surface area contributed by atoms with E-state index in [-0.39, 0.29) is 47.3 Å². The van der Waals surface area contributed by atoms with Gasteiger partial charge in [-0.05, 0) is 56.2 Å². The van der Waals surface area contributed by atoms with E-state index in [1.807, 2.05) is 146 Å². The van der Waals surface area contributed by atoms with Gasteiger partial charge in [-0.15, -0.1) is 0 Å². The number of carbonyl (C=O) groups excluding carboxylic acids is 2. The molecule has 10 heteroatoms. The molecule has 0 amide bonds. The molecule has 0 fully saturated rings. The maximum absolute atomic E-state index is 15.1. The maximum Gasteiger partial charge on any atom is 0.311 e. The molecule has 10 nitrogen and oxygen atoms in total. The van der Waals surface area contributed by atoms with Gasteiger partial charge in [0, 0.05) is 149 Å². The summed E-state index contributed by atoms with van der Waals surface area (Å²) in [5.74, 6) is -5.09. The Kier molecular flexibility index (Phi) is 21.1. The lowest BCUT2D eigenvalue weighted by atomic mass is 9.65. The van der Waals surface area contributed by atoms with Crippen molar-refractivity contribution in [3.8, 4) is 46.0 Å². The first-order valence-corrected chi connectivity index (χ1v) is 37.7. The Bertz CT molecular complexity index is 4220. The van der Waals surface area contributed by atoms with E-state index < -0.39 is 103 Å². The minimum Gasteiger partial charge on any atom is -0.507 e. The molecule has 10 rings (SSSR count). The van der Waals surface area contributed by atoms with Gasteiger partial charge in [-0.3, -0.25) is 9.59 Å². The molecule has 0 saturated carbocycles. The van der Waals surface area contributed by atoms with Gasteiger partial charge in [0.1, 0.15) is 46.0 Å². The molecule has 0 spiro atoms. The van der Waals surface area contributed by atoms with E-state index in [4.69, 9.17) is 9.47 Å². The van der Waals surface area contributed by atoms with Crippen LogP contribution in [-0.2, 0) is 9.59 Å². The lowest BCUT2D eigenvalue weighted by molar-refractivity contribution is -0.136. The van der Waals surface area contributed by atoms with Gasteiger partial charge in [0.15, 0.2) is 0 Å². The van der Waals surface area contributed by atoms with E-state index in [0.717, 1.165) is 0 Å². The van der Waals surface area contributed by atoms with Crippen LogP contribution in [0.5, 0.6) is 46.0 Å². The average Bonchev–Trinajstić information content (AvgIpc) is 0.760. The lowest BCUT2D eigenvalue weighted by Crippen LogP contribution is -2.27. The summed E-state index contributed by atoms with van der Waals surface area (Å²) >= 11 is 0. The molecule has 6 N–H and O–H groups in total. The van der Waals surface area contributed by atoms with Crippen LogP contribution >= 0.6 is 0 Å². The predicted octanol–water partition coefficient (Wildman–Crippen LogP) is 24.0. The molecule has 0 radical (unpaired) electrons. The summed E-state index contributed by atoms with van der Waals surface area (Å²) in [7, 11) is 0. The van der Waals surface area contributed by atoms with Crippen molar-refractivity contribution in [1.29, 1.82) is 0 Å². The molecule has 8 aromatic carbocycles. The molecule has 8 unspecified atom stereocenters. The Balaban J connectivity index is 1.37. The molecular weight excluding hydrogens is 1290 g/mol. The van der Waals surface area contributed by atoms with Crippen molar-refractivity contribution in [2.24, 2.45) is 43.3 Å². The largest absolute Gasteiger partial charge is 0.507 e. The van der Waals surface area contributed by atoms with E-state index in [1.165, 1.54) is 0 Å². The van der Waals surface area contributed by atoms with Crippen LogP contribution in [0.25, 0.3) is 0 Å². The van der Waals surface area contributed by atoms with Crippen LogP contribution in [0.15, 0.2) is 146 Å². The summed E-state index contributed by atoms with van der Waals surface area (Å²) < 4.78 is 13.9. The van der Waals surface area contributed by atoms with Crippen LogP contribution in [-0.4, -0.2) is 42.6 Å². The summed E-state index contributed by atoms with van der Waals surface area (Å²) in [4.78, 5) is 30.1. The fraction of sp³-hybridized carbons (Fsp3) is 0.468. The first kappa shape index (κ1) is 78.1. The standard InChI is InChI=1S/C94H118O10/c1-87(2,3)71-53-35-27-36-54(79(53)97)72(88(4,5)6)56-38-29-40-58(81(56)99)74(90(10,11)12)60-42-31-44-62(83(60)101)76(92(16,17)18)66-48-34-50-68-78(94(22,23)24)64-46-32-45-63(84(64)102)77(93(19,20)21)67-49-33-47-65(85(67)103-69(95)51-25-26-52-70(96)104-86(66)68)75(91(13,14)15)61-43-30-41-59(82(61)100)73(89(7,8)9)57-39-28-37-55(71)80(57)98/h27-50,71-78,97-102H,25-26,51-52H2,1-24H3. The number of para-hydroxylation sites is 8. The Morgan fingerprint density at radius 2 is 0.337 bits per heavy atom. The molecular formula is C94H118O10. The fourth-order valence-corrected chi connectivity index (χ4v) is 18.2. The number of phenolic OH excluding ortho intramolecular Hbond substituents is 6. The third-order valence-electron chi connectivity index (χ3n) is 22.1. The van der Waals surface area contributed by atoms with Crippen LogP contribution in [0.1, 0.15) is 328 Å². The van der Waals surface area contributed by atoms with Gasteiger partial charge in [-0.2, -0.15) is 0 Å². The van der Waals surface area contributed by atoms with Crippen LogP contribution in [0.4, 0.5) is 0 Å². The normalized spacial score (nSPS) is 20.8. The van der Waals surface area contributed by atoms with E-state index in [1.54, 1.807) is 0 Å². The Morgan fingerprint density at radius 1 is 0.221 bits per heavy atom. The number of benzene rings is 8. The van der Waals surface area contributed by atoms with E-state index in [0.29, 0.717) is 113 Å². The molecule has 104 heavy (non-hydrogen) atoms. The van der Waals surface area contributed by atoms with Crippen LogP contribution in [0.3, 0.4) is 0 Å². The van der Waals surface area contributed by atoms with Crippen LogP contribution in [0, 0.1) is 43.3 Å². The lowest BCUT2D eigenvalue weighted by Gasteiger charge is -2.39. The van der Waals surface area contributed by atoms with Crippen LogP contribution < -0.4 is 9.47 Å². The predicted molar refractivity (Wildman–Crippen MR) is 422 cm³/mol. The monoisotopic (exact) mass is 1410 g/mol. The Hall–Kier alpha value is -8.50. The number of hydrogen-bond acceptors (Lipinski definition) is 10. The number of rotatable bonds is 0. The van der Waals surface area contributed by atoms with Crippen molar-refractivity contribution in [3.05, 3.63) is 235 Å². The van der Waals surface area contributed by atoms with Crippen molar-refractivity contribution >= 4 is 11.9 Å². The molecule has 0 saturated heterocycles. The molecule has 1 heterocycles. The van der Waals surface area contributed by atoms with Gasteiger partial charge in [-0.25, -0.2) is 0 Å². The topological polar surface area (TPSA) is 174 Å². The van der Waals surface area contributed by atoms with Crippen molar-refractivity contribution in [3.63, 3.8) is 0 Å². The third-order valence-corrected chi connectivity index (χ3v) is 22.1. The molecule has 0 aromatic heterocycles. The van der Waals surface area contributed by atoms with Crippen molar-refractivity contribution in [2.45, 2.75) is 239 Å². The fourth-order valence-electron chi connectivity index (χ4n) is 18.2. The second-order valence-electron chi connectivity index (χ2n) is 38.8. The number of fused-ring (bicyclic) bond motifs is 10. The average molecular weight is 1410 g/mol. The highest BCUT2D eigenvalue weighted by atomic mass is 16.5. The number of esters is 2. The summed E-state index contributed by atoms with van der Waals surface area (Å²) in [6, 6.07) is 47.0. The SMILES string of the molecule is CC(C)(C)C1c2cccc(c2O)C(C(C)(C)C)c2cccc(c2O)C(C(C)(C)C)c2cccc(c2O)C(C(C)(C)C)c2cccc3c2OC(=O)CCCCC(=O)Oc2c(cccc2C(C(C)(C)C)c2cccc(c2O)C3C(C)(C)C)C(C(C)(C)C)c2cccc(c2O)C(C(C)(C)C)c2cccc1c2O. The minimum absolute atomic E-state index is 0.0310. The highest BCUT2D eigenvalue weighted by Gasteiger charge is 2.46. The zero-order valence-electron chi connectivity index (χ0n) is 66.6. The minimum atomic E-state index is -0.667. The molecule has 1 aliphatic heterocycles. The summed E-state index contributed by atoms with van der Waals surface area (Å²) in [6.07, 6.45) is 0.512. The van der Waals surface area contributed by atoms with Gasteiger partial charge in [-0.1, -0.05) is 312 Å². The molecule has 1 aliphatic carbocycles. The van der Waals surface area contributed by atoms with E-state index in [9.17, 15) is 30.6 Å². The number of ether oxygens (including phenoxy) is 2. The van der Waals surface area contributed by atoms with Crippen molar-refractivity contribution in [2.75, 3.05) is 0 Å². The Morgan fingerprint density at radius 3 is 0.462 bits per heavy atom. The van der Waals surface area contributed by atoms with E-state index >= 15 is 9.59 Å². The zero-order valence-corrected chi connectivity index (χ0v) is 66.6. The molecule has 18 bridgehead atoms. The quantitative estimate of drug-likeness (QED) is 0.0634. The van der Waals surface area contributed by atoms with E-state index in [2.05, 4.69) is 166 Å². The van der Waals surface area contributed by atoms with Crippen molar-refractivity contribution in [1.82, 2.24) is 0 Å². The highest BCUT2D eigenvalue weighted by molar-refractivity contribution is 5.77. The second-order valence-corrected chi connectivity index (χ2v) is 38.8. The zero-order chi connectivity index (χ0) is 76.8. The van der Waals surface area contributed by atoms with Gasteiger partial charge >= 0.3 is 11.9 Å². The third kappa shape index (κ3) is 15.1. The summed E-state index contributed by atoms with van der Waals surface area (Å²) in [6.45, 7) is 50.8. The maximum atomic E-state index is 15.1. The highest BCUT2D eigenvalue weighted by Crippen LogP contribution is 2.62. The first-order valence-electron chi connectivity index (χ1n) is 37.7. The summed E-state index contributed by atoms with van der Waals surface area (Å²) in [5.41, 5.74) is 4.61. The van der Waals surface area contributed by atoms with Gasteiger partial charge in [0.25, 0.3) is 0 Å². The number of hydrogen-bond donors (Lipinski definition) is 6. The van der Waals surface area contributed by atoms with Crippen molar-refractivity contribution < 1.29 is 49.7 Å². The first-order chi connectivity index (χ1) is 48.1. The second kappa shape index (κ2) is 28.1. The number of aromatic hydroxyl groups is 6. The number of carbonyl (C=O) groups is 2. The van der Waals surface area contributed by atoms with Crippen LogP contribution in [0.2, 0.25) is 0 Å². The molecule has 554 valence electrons.